The summed E-state index contributed by atoms with van der Waals surface area (Å²) in [6, 6.07) is 10.3. The number of nitrogens with two attached hydrogens (primary N) is 1. The topological polar surface area (TPSA) is 50.4 Å². The number of nitrogens with one attached hydrogen (secondary N) is 1. The van der Waals surface area contributed by atoms with Crippen LogP contribution in [0.15, 0.2) is 35.3 Å². The van der Waals surface area contributed by atoms with E-state index in [4.69, 9.17) is 5.73 Å². The first kappa shape index (κ1) is 13.3. The van der Waals surface area contributed by atoms with Crippen molar-refractivity contribution >= 4 is 35.6 Å². The molecule has 0 aromatic heterocycles. The van der Waals surface area contributed by atoms with Crippen molar-refractivity contribution in [3.05, 3.63) is 30.3 Å². The lowest BCUT2D eigenvalue weighted by atomic mass is 9.82. The zero-order chi connectivity index (χ0) is 10.7. The summed E-state index contributed by atoms with van der Waals surface area (Å²) in [7, 11) is 0. The van der Waals surface area contributed by atoms with Crippen molar-refractivity contribution in [2.24, 2.45) is 16.6 Å². The third-order valence-electron chi connectivity index (χ3n) is 2.93. The number of anilines is 1. The number of benzene rings is 1. The summed E-state index contributed by atoms with van der Waals surface area (Å²) < 4.78 is 0. The van der Waals surface area contributed by atoms with Crippen LogP contribution in [-0.4, -0.2) is 12.0 Å². The maximum atomic E-state index is 5.82. The Morgan fingerprint density at radius 2 is 2.00 bits per heavy atom. The number of para-hydroxylation sites is 1. The molecule has 16 heavy (non-hydrogen) atoms. The van der Waals surface area contributed by atoms with Gasteiger partial charge in [-0.15, -0.1) is 24.0 Å². The van der Waals surface area contributed by atoms with E-state index < -0.39 is 0 Å². The van der Waals surface area contributed by atoms with E-state index in [1.54, 1.807) is 0 Å². The maximum Gasteiger partial charge on any atom is 0.193 e. The molecule has 1 fully saturated rings. The van der Waals surface area contributed by atoms with E-state index >= 15 is 0 Å². The molecule has 0 saturated heterocycles. The second kappa shape index (κ2) is 6.08. The summed E-state index contributed by atoms with van der Waals surface area (Å²) in [5.41, 5.74) is 6.81. The monoisotopic (exact) mass is 331 g/mol. The molecule has 88 valence electrons. The highest BCUT2D eigenvalue weighted by molar-refractivity contribution is 14.0. The van der Waals surface area contributed by atoms with Gasteiger partial charge < -0.3 is 11.1 Å². The Morgan fingerprint density at radius 3 is 2.50 bits per heavy atom. The minimum atomic E-state index is 0. The van der Waals surface area contributed by atoms with Gasteiger partial charge in [0.25, 0.3) is 0 Å². The molecule has 1 aromatic carbocycles. The van der Waals surface area contributed by atoms with Gasteiger partial charge in [-0.05, 0) is 30.9 Å². The number of hydrogen-bond donors (Lipinski definition) is 2. The second-order valence-corrected chi connectivity index (χ2v) is 4.13. The summed E-state index contributed by atoms with van der Waals surface area (Å²) in [5.74, 6) is 1.21. The molecule has 3 nitrogen and oxygen atoms in total. The van der Waals surface area contributed by atoms with Crippen LogP contribution in [0, 0.1) is 5.92 Å². The Balaban J connectivity index is 0.00000128. The van der Waals surface area contributed by atoms with Crippen molar-refractivity contribution in [3.8, 4) is 0 Å². The third-order valence-corrected chi connectivity index (χ3v) is 2.93. The minimum absolute atomic E-state index is 0. The predicted molar refractivity (Wildman–Crippen MR) is 79.3 cm³/mol. The molecule has 0 aliphatic heterocycles. The molecule has 3 N–H and O–H groups in total. The van der Waals surface area contributed by atoms with Crippen LogP contribution in [0.5, 0.6) is 0 Å². The number of nitrogens with zero attached hydrogens (tertiary/aromatic N) is 1. The van der Waals surface area contributed by atoms with Crippen LogP contribution >= 0.6 is 24.0 Å². The van der Waals surface area contributed by atoms with Crippen molar-refractivity contribution in [2.75, 3.05) is 5.32 Å². The number of hydrogen-bond acceptors (Lipinski definition) is 1. The zero-order valence-electron chi connectivity index (χ0n) is 9.39. The molecule has 1 aliphatic rings. The summed E-state index contributed by atoms with van der Waals surface area (Å²) in [6.45, 7) is 2.22. The first-order valence-electron chi connectivity index (χ1n) is 5.41. The van der Waals surface area contributed by atoms with Gasteiger partial charge in [-0.1, -0.05) is 25.1 Å². The third kappa shape index (κ3) is 3.37. The van der Waals surface area contributed by atoms with E-state index in [1.807, 2.05) is 30.3 Å². The SMILES string of the molecule is CC1CCC1N=C(N)Nc1ccccc1.I. The second-order valence-electron chi connectivity index (χ2n) is 4.13. The zero-order valence-corrected chi connectivity index (χ0v) is 11.7. The summed E-state index contributed by atoms with van der Waals surface area (Å²) >= 11 is 0. The first-order valence-corrected chi connectivity index (χ1v) is 5.41. The normalized spacial score (nSPS) is 24.2. The van der Waals surface area contributed by atoms with E-state index in [1.165, 1.54) is 12.8 Å². The highest BCUT2D eigenvalue weighted by Gasteiger charge is 2.26. The largest absolute Gasteiger partial charge is 0.370 e. The standard InChI is InChI=1S/C12H17N3.HI/c1-9-7-8-11(9)15-12(13)14-10-5-3-2-4-6-10;/h2-6,9,11H,7-8H2,1H3,(H3,13,14,15);1H. The van der Waals surface area contributed by atoms with Crippen LogP contribution in [0.3, 0.4) is 0 Å². The smallest absolute Gasteiger partial charge is 0.193 e. The Bertz CT molecular complexity index is 351. The van der Waals surface area contributed by atoms with E-state index in [-0.39, 0.29) is 24.0 Å². The van der Waals surface area contributed by atoms with Crippen molar-refractivity contribution in [1.82, 2.24) is 0 Å². The highest BCUT2D eigenvalue weighted by atomic mass is 127. The van der Waals surface area contributed by atoms with Gasteiger partial charge in [0.2, 0.25) is 0 Å². The fourth-order valence-corrected chi connectivity index (χ4v) is 1.72. The fraction of sp³-hybridized carbons (Fsp3) is 0.417. The number of aliphatic imine (C=N–C) groups is 1. The van der Waals surface area contributed by atoms with Crippen LogP contribution in [0.25, 0.3) is 0 Å². The van der Waals surface area contributed by atoms with Gasteiger partial charge >= 0.3 is 0 Å². The van der Waals surface area contributed by atoms with Crippen molar-refractivity contribution in [3.63, 3.8) is 0 Å². The molecule has 0 bridgehead atoms. The molecular weight excluding hydrogens is 313 g/mol. The molecular formula is C12H18IN3. The van der Waals surface area contributed by atoms with Gasteiger partial charge in [-0.2, -0.15) is 0 Å². The van der Waals surface area contributed by atoms with Crippen molar-refractivity contribution in [2.45, 2.75) is 25.8 Å². The first-order chi connectivity index (χ1) is 7.25. The van der Waals surface area contributed by atoms with Crippen LogP contribution < -0.4 is 11.1 Å². The highest BCUT2D eigenvalue weighted by Crippen LogP contribution is 2.29. The van der Waals surface area contributed by atoms with Crippen molar-refractivity contribution in [1.29, 1.82) is 0 Å². The molecule has 0 heterocycles. The molecule has 4 heteroatoms. The Hall–Kier alpha value is -0.780. The van der Waals surface area contributed by atoms with Gasteiger partial charge in [0.1, 0.15) is 0 Å². The summed E-state index contributed by atoms with van der Waals surface area (Å²) in [4.78, 5) is 4.44. The molecule has 1 saturated carbocycles. The molecule has 0 spiro atoms. The number of halogens is 1. The fourth-order valence-electron chi connectivity index (χ4n) is 1.72. The lowest BCUT2D eigenvalue weighted by Gasteiger charge is -2.30. The van der Waals surface area contributed by atoms with Crippen LogP contribution in [0.2, 0.25) is 0 Å². The van der Waals surface area contributed by atoms with E-state index in [2.05, 4.69) is 17.2 Å². The van der Waals surface area contributed by atoms with Gasteiger partial charge in [-0.25, -0.2) is 4.99 Å². The Kier molecular flexibility index (Phi) is 5.05. The average molecular weight is 331 g/mol. The summed E-state index contributed by atoms with van der Waals surface area (Å²) in [6.07, 6.45) is 2.44. The van der Waals surface area contributed by atoms with Gasteiger partial charge in [-0.3, -0.25) is 0 Å². The van der Waals surface area contributed by atoms with E-state index in [0.717, 1.165) is 5.69 Å². The van der Waals surface area contributed by atoms with Crippen LogP contribution in [0.1, 0.15) is 19.8 Å². The lowest BCUT2D eigenvalue weighted by Crippen LogP contribution is -2.32. The lowest BCUT2D eigenvalue weighted by molar-refractivity contribution is 0.284. The van der Waals surface area contributed by atoms with Gasteiger partial charge in [0.05, 0.1) is 6.04 Å². The van der Waals surface area contributed by atoms with Gasteiger partial charge in [0, 0.05) is 5.69 Å². The van der Waals surface area contributed by atoms with Crippen LogP contribution in [0.4, 0.5) is 5.69 Å². The predicted octanol–water partition coefficient (Wildman–Crippen LogP) is 2.83. The van der Waals surface area contributed by atoms with E-state index in [0.29, 0.717) is 17.9 Å². The quantitative estimate of drug-likeness (QED) is 0.497. The molecule has 2 unspecified atom stereocenters. The number of rotatable bonds is 2. The molecule has 0 amide bonds. The van der Waals surface area contributed by atoms with Crippen molar-refractivity contribution < 1.29 is 0 Å². The molecule has 2 atom stereocenters. The van der Waals surface area contributed by atoms with E-state index in [9.17, 15) is 0 Å². The Morgan fingerprint density at radius 1 is 1.31 bits per heavy atom. The van der Waals surface area contributed by atoms with Gasteiger partial charge in [0.15, 0.2) is 5.96 Å². The molecule has 0 radical (unpaired) electrons. The molecule has 1 aromatic rings. The summed E-state index contributed by atoms with van der Waals surface area (Å²) in [5, 5.41) is 3.09. The molecule has 2 rings (SSSR count). The molecule has 1 aliphatic carbocycles. The number of guanidine groups is 1. The Labute approximate surface area is 114 Å². The van der Waals surface area contributed by atoms with Crippen LogP contribution in [-0.2, 0) is 0 Å². The minimum Gasteiger partial charge on any atom is -0.370 e. The average Bonchev–Trinajstić information content (AvgIpc) is 2.25. The maximum absolute atomic E-state index is 5.82.